The summed E-state index contributed by atoms with van der Waals surface area (Å²) in [6.45, 7) is 0. The zero-order valence-electron chi connectivity index (χ0n) is 9.28. The molecule has 0 radical (unpaired) electrons. The van der Waals surface area contributed by atoms with E-state index in [-0.39, 0.29) is 5.84 Å². The van der Waals surface area contributed by atoms with Gasteiger partial charge in [0.15, 0.2) is 0 Å². The highest BCUT2D eigenvalue weighted by molar-refractivity contribution is 9.10. The molecule has 0 saturated heterocycles. The fourth-order valence-electron chi connectivity index (χ4n) is 1.48. The van der Waals surface area contributed by atoms with Crippen LogP contribution >= 0.6 is 39.3 Å². The molecule has 18 heavy (non-hydrogen) atoms. The highest BCUT2D eigenvalue weighted by Crippen LogP contribution is 2.34. The van der Waals surface area contributed by atoms with Crippen molar-refractivity contribution in [1.82, 2.24) is 0 Å². The van der Waals surface area contributed by atoms with E-state index in [0.29, 0.717) is 5.02 Å². The van der Waals surface area contributed by atoms with Crippen LogP contribution in [0.4, 0.5) is 0 Å². The van der Waals surface area contributed by atoms with E-state index in [1.165, 1.54) is 0 Å². The van der Waals surface area contributed by atoms with Gasteiger partial charge in [-0.15, -0.1) is 0 Å². The summed E-state index contributed by atoms with van der Waals surface area (Å²) in [5.41, 5.74) is 6.33. The Balaban J connectivity index is 2.37. The molecule has 0 heterocycles. The van der Waals surface area contributed by atoms with Gasteiger partial charge >= 0.3 is 0 Å². The molecule has 0 amide bonds. The zero-order chi connectivity index (χ0) is 13.1. The van der Waals surface area contributed by atoms with E-state index in [2.05, 4.69) is 15.9 Å². The van der Waals surface area contributed by atoms with Gasteiger partial charge in [0.05, 0.1) is 0 Å². The third-order valence-corrected chi connectivity index (χ3v) is 4.27. The van der Waals surface area contributed by atoms with Gasteiger partial charge in [-0.2, -0.15) is 0 Å². The second-order valence-electron chi connectivity index (χ2n) is 3.58. The predicted molar refractivity (Wildman–Crippen MR) is 80.7 cm³/mol. The Morgan fingerprint density at radius 3 is 2.44 bits per heavy atom. The average molecular weight is 342 g/mol. The molecule has 92 valence electrons. The van der Waals surface area contributed by atoms with Crippen molar-refractivity contribution in [3.63, 3.8) is 0 Å². The topological polar surface area (TPSA) is 49.9 Å². The molecule has 2 aromatic rings. The van der Waals surface area contributed by atoms with Gasteiger partial charge in [0.25, 0.3) is 0 Å². The molecule has 0 unspecified atom stereocenters. The number of nitrogen functional groups attached to an aromatic ring is 1. The maximum atomic E-state index is 7.63. The second kappa shape index (κ2) is 5.78. The van der Waals surface area contributed by atoms with E-state index in [1.807, 2.05) is 42.5 Å². The molecule has 5 heteroatoms. The number of hydrogen-bond acceptors (Lipinski definition) is 2. The summed E-state index contributed by atoms with van der Waals surface area (Å²) in [4.78, 5) is 2.00. The number of halogens is 2. The zero-order valence-corrected chi connectivity index (χ0v) is 12.4. The van der Waals surface area contributed by atoms with Crippen LogP contribution < -0.4 is 5.73 Å². The van der Waals surface area contributed by atoms with Crippen molar-refractivity contribution in [1.29, 1.82) is 5.41 Å². The van der Waals surface area contributed by atoms with E-state index >= 15 is 0 Å². The standard InChI is InChI=1S/C13H10BrClN2S/c14-10-2-1-3-11(12(10)13(16)17)18-9-6-4-8(15)5-7-9/h1-7H,(H3,16,17). The van der Waals surface area contributed by atoms with Crippen molar-refractivity contribution >= 4 is 45.1 Å². The lowest BCUT2D eigenvalue weighted by Gasteiger charge is -2.09. The summed E-state index contributed by atoms with van der Waals surface area (Å²) in [6.07, 6.45) is 0. The van der Waals surface area contributed by atoms with E-state index < -0.39 is 0 Å². The second-order valence-corrected chi connectivity index (χ2v) is 5.99. The van der Waals surface area contributed by atoms with Crippen molar-refractivity contribution in [3.05, 3.63) is 57.5 Å². The molecule has 2 rings (SSSR count). The number of benzene rings is 2. The molecule has 2 aromatic carbocycles. The van der Waals surface area contributed by atoms with Crippen LogP contribution in [0.2, 0.25) is 5.02 Å². The smallest absolute Gasteiger partial charge is 0.125 e. The molecule has 0 atom stereocenters. The number of nitrogens with two attached hydrogens (primary N) is 1. The Morgan fingerprint density at radius 2 is 1.83 bits per heavy atom. The fraction of sp³-hybridized carbons (Fsp3) is 0. The normalized spacial score (nSPS) is 10.3. The average Bonchev–Trinajstić information content (AvgIpc) is 2.32. The minimum atomic E-state index is 0.0546. The van der Waals surface area contributed by atoms with Crippen LogP contribution in [-0.2, 0) is 0 Å². The molecule has 0 aliphatic heterocycles. The van der Waals surface area contributed by atoms with Crippen molar-refractivity contribution in [2.45, 2.75) is 9.79 Å². The number of rotatable bonds is 3. The van der Waals surface area contributed by atoms with E-state index in [4.69, 9.17) is 22.7 Å². The highest BCUT2D eigenvalue weighted by Gasteiger charge is 2.10. The first-order valence-corrected chi connectivity index (χ1v) is 7.13. The molecule has 0 aromatic heterocycles. The van der Waals surface area contributed by atoms with Crippen molar-refractivity contribution < 1.29 is 0 Å². The number of nitrogens with one attached hydrogen (secondary N) is 1. The predicted octanol–water partition coefficient (Wildman–Crippen LogP) is 4.54. The van der Waals surface area contributed by atoms with E-state index in [9.17, 15) is 0 Å². The van der Waals surface area contributed by atoms with Gasteiger partial charge in [0, 0.05) is 24.8 Å². The first-order chi connectivity index (χ1) is 8.58. The quantitative estimate of drug-likeness (QED) is 0.636. The van der Waals surface area contributed by atoms with Crippen molar-refractivity contribution in [3.8, 4) is 0 Å². The van der Waals surface area contributed by atoms with Gasteiger partial charge in [-0.1, -0.05) is 29.4 Å². The summed E-state index contributed by atoms with van der Waals surface area (Å²) in [5, 5.41) is 8.34. The van der Waals surface area contributed by atoms with Crippen LogP contribution in [0.5, 0.6) is 0 Å². The van der Waals surface area contributed by atoms with Gasteiger partial charge in [-0.3, -0.25) is 5.41 Å². The van der Waals surface area contributed by atoms with Gasteiger partial charge < -0.3 is 5.73 Å². The number of hydrogen-bond donors (Lipinski definition) is 2. The summed E-state index contributed by atoms with van der Waals surface area (Å²) in [5.74, 6) is 0.0546. The summed E-state index contributed by atoms with van der Waals surface area (Å²) < 4.78 is 0.828. The molecular weight excluding hydrogens is 332 g/mol. The van der Waals surface area contributed by atoms with Gasteiger partial charge in [0.2, 0.25) is 0 Å². The Kier molecular flexibility index (Phi) is 4.32. The molecule has 3 N–H and O–H groups in total. The van der Waals surface area contributed by atoms with Crippen LogP contribution in [0.15, 0.2) is 56.7 Å². The van der Waals surface area contributed by atoms with Crippen LogP contribution in [0.1, 0.15) is 5.56 Å². The summed E-state index contributed by atoms with van der Waals surface area (Å²) in [6, 6.07) is 13.3. The molecule has 0 aliphatic rings. The Labute approximate surface area is 123 Å². The van der Waals surface area contributed by atoms with Crippen molar-refractivity contribution in [2.75, 3.05) is 0 Å². The molecule has 0 saturated carbocycles. The maximum absolute atomic E-state index is 7.63. The van der Waals surface area contributed by atoms with Crippen LogP contribution in [0.25, 0.3) is 0 Å². The van der Waals surface area contributed by atoms with Crippen LogP contribution in [0.3, 0.4) is 0 Å². The fourth-order valence-corrected chi connectivity index (χ4v) is 3.31. The lowest BCUT2D eigenvalue weighted by atomic mass is 10.2. The van der Waals surface area contributed by atoms with Crippen LogP contribution in [-0.4, -0.2) is 5.84 Å². The summed E-state index contributed by atoms with van der Waals surface area (Å²) >= 11 is 10.8. The van der Waals surface area contributed by atoms with E-state index in [0.717, 1.165) is 19.8 Å². The molecule has 0 bridgehead atoms. The minimum Gasteiger partial charge on any atom is -0.384 e. The number of amidine groups is 1. The minimum absolute atomic E-state index is 0.0546. The monoisotopic (exact) mass is 340 g/mol. The van der Waals surface area contributed by atoms with Crippen molar-refractivity contribution in [2.24, 2.45) is 5.73 Å². The Morgan fingerprint density at radius 1 is 1.17 bits per heavy atom. The molecule has 2 nitrogen and oxygen atoms in total. The largest absolute Gasteiger partial charge is 0.384 e. The Hall–Kier alpha value is -0.970. The SMILES string of the molecule is N=C(N)c1c(Br)cccc1Sc1ccc(Cl)cc1. The summed E-state index contributed by atoms with van der Waals surface area (Å²) in [7, 11) is 0. The lowest BCUT2D eigenvalue weighted by Crippen LogP contribution is -2.13. The third kappa shape index (κ3) is 3.07. The molecule has 0 aliphatic carbocycles. The lowest BCUT2D eigenvalue weighted by molar-refractivity contribution is 1.31. The van der Waals surface area contributed by atoms with Gasteiger partial charge in [-0.05, 0) is 52.3 Å². The van der Waals surface area contributed by atoms with E-state index in [1.54, 1.807) is 11.8 Å². The molecule has 0 spiro atoms. The first kappa shape index (κ1) is 13.5. The Bertz CT molecular complexity index is 584. The van der Waals surface area contributed by atoms with Gasteiger partial charge in [0.1, 0.15) is 5.84 Å². The molecule has 0 fully saturated rings. The van der Waals surface area contributed by atoms with Gasteiger partial charge in [-0.25, -0.2) is 0 Å². The highest BCUT2D eigenvalue weighted by atomic mass is 79.9. The maximum Gasteiger partial charge on any atom is 0.125 e. The third-order valence-electron chi connectivity index (χ3n) is 2.29. The first-order valence-electron chi connectivity index (χ1n) is 5.14. The molecular formula is C13H10BrClN2S. The van der Waals surface area contributed by atoms with Crippen LogP contribution in [0, 0.1) is 5.41 Å².